The molecule has 0 aliphatic heterocycles. The summed E-state index contributed by atoms with van der Waals surface area (Å²) in [7, 11) is -1.37. The number of rotatable bonds is 2. The molecule has 0 aliphatic carbocycles. The van der Waals surface area contributed by atoms with Crippen molar-refractivity contribution in [1.29, 1.82) is 0 Å². The molecular weight excluding hydrogens is 183 g/mol. The first-order valence-electron chi connectivity index (χ1n) is 4.07. The quantitative estimate of drug-likeness (QED) is 0.540. The number of hydrogen-bond donors (Lipinski definition) is 2. The zero-order chi connectivity index (χ0) is 10.0. The normalized spacial score (nSPS) is 10.2. The maximum atomic E-state index is 9.06. The molecule has 70 valence electrons. The molecule has 0 bridgehead atoms. The van der Waals surface area contributed by atoms with Crippen LogP contribution >= 0.6 is 11.8 Å². The van der Waals surface area contributed by atoms with E-state index in [4.69, 9.17) is 10.0 Å². The van der Waals surface area contributed by atoms with Crippen LogP contribution in [0.5, 0.6) is 0 Å². The summed E-state index contributed by atoms with van der Waals surface area (Å²) >= 11 is 1.61. The third-order valence-electron chi connectivity index (χ3n) is 2.06. The lowest BCUT2D eigenvalue weighted by atomic mass is 9.77. The first-order valence-corrected chi connectivity index (χ1v) is 5.30. The highest BCUT2D eigenvalue weighted by molar-refractivity contribution is 7.98. The van der Waals surface area contributed by atoms with Crippen LogP contribution in [0.25, 0.3) is 0 Å². The highest BCUT2D eigenvalue weighted by Crippen LogP contribution is 2.19. The van der Waals surface area contributed by atoms with Gasteiger partial charge in [-0.25, -0.2) is 0 Å². The van der Waals surface area contributed by atoms with E-state index in [0.29, 0.717) is 5.46 Å². The summed E-state index contributed by atoms with van der Waals surface area (Å²) in [4.78, 5) is 1.09. The van der Waals surface area contributed by atoms with Crippen molar-refractivity contribution in [2.24, 2.45) is 0 Å². The molecule has 0 aromatic heterocycles. The van der Waals surface area contributed by atoms with E-state index in [1.807, 2.05) is 32.2 Å². The van der Waals surface area contributed by atoms with Crippen molar-refractivity contribution in [1.82, 2.24) is 0 Å². The van der Waals surface area contributed by atoms with Crippen molar-refractivity contribution in [2.45, 2.75) is 18.7 Å². The molecule has 1 rings (SSSR count). The Morgan fingerprint density at radius 2 is 1.77 bits per heavy atom. The molecule has 0 unspecified atom stereocenters. The van der Waals surface area contributed by atoms with Gasteiger partial charge < -0.3 is 10.0 Å². The first-order chi connectivity index (χ1) is 6.06. The smallest absolute Gasteiger partial charge is 0.423 e. The Bertz CT molecular complexity index is 313. The van der Waals surface area contributed by atoms with E-state index in [0.717, 1.165) is 10.5 Å². The Balaban J connectivity index is 3.22. The van der Waals surface area contributed by atoms with Gasteiger partial charge in [0, 0.05) is 4.90 Å². The Morgan fingerprint density at radius 1 is 1.15 bits per heavy atom. The lowest BCUT2D eigenvalue weighted by Gasteiger charge is -2.09. The SMILES string of the molecule is CSc1cc(B(O)O)c(C)cc1C. The maximum Gasteiger partial charge on any atom is 0.488 e. The fourth-order valence-corrected chi connectivity index (χ4v) is 1.97. The van der Waals surface area contributed by atoms with Crippen LogP contribution in [-0.2, 0) is 0 Å². The highest BCUT2D eigenvalue weighted by Gasteiger charge is 2.15. The summed E-state index contributed by atoms with van der Waals surface area (Å²) in [6.45, 7) is 3.90. The minimum Gasteiger partial charge on any atom is -0.423 e. The molecule has 13 heavy (non-hydrogen) atoms. The molecular formula is C9H13BO2S. The second-order valence-electron chi connectivity index (χ2n) is 3.05. The van der Waals surface area contributed by atoms with E-state index >= 15 is 0 Å². The van der Waals surface area contributed by atoms with Crippen LogP contribution in [0.3, 0.4) is 0 Å². The van der Waals surface area contributed by atoms with Crippen LogP contribution in [0, 0.1) is 13.8 Å². The molecule has 0 amide bonds. The van der Waals surface area contributed by atoms with Crippen molar-refractivity contribution in [2.75, 3.05) is 6.26 Å². The highest BCUT2D eigenvalue weighted by atomic mass is 32.2. The summed E-state index contributed by atoms with van der Waals surface area (Å²) < 4.78 is 0. The largest absolute Gasteiger partial charge is 0.488 e. The van der Waals surface area contributed by atoms with Crippen LogP contribution in [-0.4, -0.2) is 23.4 Å². The molecule has 2 nitrogen and oxygen atoms in total. The number of aryl methyl sites for hydroxylation is 2. The fraction of sp³-hybridized carbons (Fsp3) is 0.333. The van der Waals surface area contributed by atoms with Gasteiger partial charge in [0.05, 0.1) is 0 Å². The van der Waals surface area contributed by atoms with Gasteiger partial charge >= 0.3 is 7.12 Å². The van der Waals surface area contributed by atoms with E-state index in [1.165, 1.54) is 5.56 Å². The molecule has 0 radical (unpaired) electrons. The van der Waals surface area contributed by atoms with Crippen molar-refractivity contribution < 1.29 is 10.0 Å². The summed E-state index contributed by atoms with van der Waals surface area (Å²) in [6, 6.07) is 3.81. The third kappa shape index (κ3) is 2.27. The summed E-state index contributed by atoms with van der Waals surface area (Å²) in [5, 5.41) is 18.1. The van der Waals surface area contributed by atoms with Crippen molar-refractivity contribution in [3.8, 4) is 0 Å². The average molecular weight is 196 g/mol. The number of hydrogen-bond acceptors (Lipinski definition) is 3. The van der Waals surface area contributed by atoms with E-state index in [1.54, 1.807) is 11.8 Å². The predicted octanol–water partition coefficient (Wildman–Crippen LogP) is 0.705. The summed E-state index contributed by atoms with van der Waals surface area (Å²) in [5.41, 5.74) is 2.69. The van der Waals surface area contributed by atoms with Gasteiger partial charge in [-0.05, 0) is 37.2 Å². The van der Waals surface area contributed by atoms with Gasteiger partial charge in [0.2, 0.25) is 0 Å². The Kier molecular flexibility index (Phi) is 3.42. The van der Waals surface area contributed by atoms with Gasteiger partial charge in [-0.2, -0.15) is 0 Å². The standard InChI is InChI=1S/C9H13BO2S/c1-6-4-7(2)9(13-3)5-8(6)10(11)12/h4-5,11-12H,1-3H3. The molecule has 4 heteroatoms. The molecule has 0 saturated heterocycles. The van der Waals surface area contributed by atoms with Gasteiger partial charge in [-0.3, -0.25) is 0 Å². The molecule has 2 N–H and O–H groups in total. The van der Waals surface area contributed by atoms with E-state index in [2.05, 4.69) is 0 Å². The molecule has 0 spiro atoms. The van der Waals surface area contributed by atoms with Crippen LogP contribution in [0.15, 0.2) is 17.0 Å². The molecule has 1 aromatic carbocycles. The third-order valence-corrected chi connectivity index (χ3v) is 2.94. The molecule has 1 aromatic rings. The zero-order valence-corrected chi connectivity index (χ0v) is 8.85. The van der Waals surface area contributed by atoms with Crippen LogP contribution in [0.4, 0.5) is 0 Å². The minimum atomic E-state index is -1.37. The van der Waals surface area contributed by atoms with E-state index in [-0.39, 0.29) is 0 Å². The van der Waals surface area contributed by atoms with Gasteiger partial charge in [0.25, 0.3) is 0 Å². The second-order valence-corrected chi connectivity index (χ2v) is 3.90. The number of benzene rings is 1. The van der Waals surface area contributed by atoms with E-state index < -0.39 is 7.12 Å². The van der Waals surface area contributed by atoms with Gasteiger partial charge in [-0.1, -0.05) is 11.6 Å². The Labute approximate surface area is 83.1 Å². The fourth-order valence-electron chi connectivity index (χ4n) is 1.35. The predicted molar refractivity (Wildman–Crippen MR) is 57.5 cm³/mol. The van der Waals surface area contributed by atoms with Gasteiger partial charge in [0.15, 0.2) is 0 Å². The molecule has 0 saturated carbocycles. The Morgan fingerprint density at radius 3 is 2.23 bits per heavy atom. The minimum absolute atomic E-state index is 0.593. The number of thioether (sulfide) groups is 1. The zero-order valence-electron chi connectivity index (χ0n) is 8.03. The van der Waals surface area contributed by atoms with Gasteiger partial charge in [0.1, 0.15) is 0 Å². The van der Waals surface area contributed by atoms with Crippen LogP contribution in [0.1, 0.15) is 11.1 Å². The van der Waals surface area contributed by atoms with Crippen molar-refractivity contribution in [3.63, 3.8) is 0 Å². The second kappa shape index (κ2) is 4.18. The van der Waals surface area contributed by atoms with Crippen molar-refractivity contribution >= 4 is 24.3 Å². The van der Waals surface area contributed by atoms with E-state index in [9.17, 15) is 0 Å². The van der Waals surface area contributed by atoms with Crippen molar-refractivity contribution in [3.05, 3.63) is 23.3 Å². The van der Waals surface area contributed by atoms with Gasteiger partial charge in [-0.15, -0.1) is 11.8 Å². The lowest BCUT2D eigenvalue weighted by molar-refractivity contribution is 0.425. The summed E-state index contributed by atoms with van der Waals surface area (Å²) in [6.07, 6.45) is 1.98. The molecule has 0 atom stereocenters. The monoisotopic (exact) mass is 196 g/mol. The first kappa shape index (κ1) is 10.6. The van der Waals surface area contributed by atoms with Crippen LogP contribution in [0.2, 0.25) is 0 Å². The lowest BCUT2D eigenvalue weighted by Crippen LogP contribution is -2.32. The Hall–Kier alpha value is -0.445. The molecule has 0 aliphatic rings. The maximum absolute atomic E-state index is 9.06. The topological polar surface area (TPSA) is 40.5 Å². The van der Waals surface area contributed by atoms with Crippen LogP contribution < -0.4 is 5.46 Å². The average Bonchev–Trinajstić information content (AvgIpc) is 2.03. The molecule has 0 fully saturated rings. The summed E-state index contributed by atoms with van der Waals surface area (Å²) in [5.74, 6) is 0. The molecule has 0 heterocycles.